The molecule has 0 aliphatic rings. The predicted octanol–water partition coefficient (Wildman–Crippen LogP) is -0.0580. The van der Waals surface area contributed by atoms with Crippen molar-refractivity contribution in [3.63, 3.8) is 0 Å². The first-order chi connectivity index (χ1) is 2.83. The lowest BCUT2D eigenvalue weighted by molar-refractivity contribution is 0.570. The van der Waals surface area contributed by atoms with Crippen molar-refractivity contribution in [2.45, 2.75) is 0 Å². The minimum absolute atomic E-state index is 0.444. The van der Waals surface area contributed by atoms with Crippen LogP contribution in [-0.4, -0.2) is 19.7 Å². The lowest BCUT2D eigenvalue weighted by Gasteiger charge is -1.59. The Kier molecular flexibility index (Phi) is 31.4. The van der Waals surface area contributed by atoms with Crippen LogP contribution in [0.25, 0.3) is 0 Å². The molecule has 0 aromatic rings. The summed E-state index contributed by atoms with van der Waals surface area (Å²) in [6.45, 7) is 0. The van der Waals surface area contributed by atoms with Gasteiger partial charge in [-0.1, -0.05) is 0 Å². The van der Waals surface area contributed by atoms with Crippen LogP contribution in [0.1, 0.15) is 0 Å². The van der Waals surface area contributed by atoms with E-state index in [-0.39, 0.29) is 0 Å². The molecule has 0 aromatic heterocycles. The number of carbonyl (C=O) groups excluding carboxylic acids is 1. The molecule has 2 nitrogen and oxygen atoms in total. The molecule has 3 heteroatoms. The lowest BCUT2D eigenvalue weighted by atomic mass is 11.3. The second-order valence-electron chi connectivity index (χ2n) is 0.605. The Hall–Kier alpha value is -0.0200. The molecule has 0 bridgehead atoms. The molecular formula is C3H9NOS. The van der Waals surface area contributed by atoms with Gasteiger partial charge in [-0.05, 0) is 14.1 Å². The molecule has 0 unspecified atom stereocenters. The van der Waals surface area contributed by atoms with E-state index in [4.69, 9.17) is 4.79 Å². The third kappa shape index (κ3) is 88400. The Bertz CT molecular complexity index is 24.8. The molecule has 38 valence electrons. The molecule has 0 spiro atoms. The first-order valence-corrected chi connectivity index (χ1v) is 2.01. The Morgan fingerprint density at radius 1 is 1.67 bits per heavy atom. The first kappa shape index (κ1) is 9.36. The first-order valence-electron chi connectivity index (χ1n) is 1.49. The largest absolute Gasteiger partial charge is 0.323 e. The second kappa shape index (κ2) is 20.1. The van der Waals surface area contributed by atoms with E-state index < -0.39 is 0 Å². The highest BCUT2D eigenvalue weighted by atomic mass is 32.1. The summed E-state index contributed by atoms with van der Waals surface area (Å²) in [5.41, 5.74) is 0.444. The number of hydrogen-bond donors (Lipinski definition) is 2. The number of nitrogens with one attached hydrogen (secondary N) is 1. The van der Waals surface area contributed by atoms with E-state index in [1.54, 1.807) is 0 Å². The van der Waals surface area contributed by atoms with Crippen molar-refractivity contribution in [1.82, 2.24) is 5.32 Å². The molecule has 0 radical (unpaired) electrons. The average molecular weight is 107 g/mol. The molecule has 0 aliphatic heterocycles. The molecular weight excluding hydrogens is 98.1 g/mol. The van der Waals surface area contributed by atoms with E-state index >= 15 is 0 Å². The van der Waals surface area contributed by atoms with Crippen molar-refractivity contribution in [2.24, 2.45) is 0 Å². The van der Waals surface area contributed by atoms with Gasteiger partial charge in [-0.25, -0.2) is 0 Å². The molecule has 0 aliphatic carbocycles. The van der Waals surface area contributed by atoms with Crippen LogP contribution in [0.15, 0.2) is 0 Å². The summed E-state index contributed by atoms with van der Waals surface area (Å²) < 4.78 is 0. The number of hydrogen-bond acceptors (Lipinski definition) is 2. The minimum atomic E-state index is 0.444. The fourth-order valence-corrected chi connectivity index (χ4v) is 0. The Morgan fingerprint density at radius 3 is 1.67 bits per heavy atom. The van der Waals surface area contributed by atoms with E-state index in [1.165, 1.54) is 0 Å². The highest BCUT2D eigenvalue weighted by molar-refractivity contribution is 7.94. The molecule has 1 N–H and O–H groups in total. The van der Waals surface area contributed by atoms with Gasteiger partial charge in [0.05, 0.1) is 0 Å². The van der Waals surface area contributed by atoms with Gasteiger partial charge in [-0.2, -0.15) is 0 Å². The maximum absolute atomic E-state index is 8.67. The summed E-state index contributed by atoms with van der Waals surface area (Å²) in [6, 6.07) is 0. The van der Waals surface area contributed by atoms with Crippen LogP contribution in [0.4, 0.5) is 0 Å². The Labute approximate surface area is 43.3 Å². The van der Waals surface area contributed by atoms with Gasteiger partial charge in [0.1, 0.15) is 0 Å². The van der Waals surface area contributed by atoms with Crippen LogP contribution in [0.3, 0.4) is 0 Å². The van der Waals surface area contributed by atoms with E-state index in [2.05, 4.69) is 17.9 Å². The van der Waals surface area contributed by atoms with Crippen LogP contribution in [-0.2, 0) is 4.79 Å². The predicted molar refractivity (Wildman–Crippen MR) is 30.7 cm³/mol. The van der Waals surface area contributed by atoms with Gasteiger partial charge in [-0.15, -0.1) is 12.6 Å². The molecule has 0 atom stereocenters. The quantitative estimate of drug-likeness (QED) is 0.335. The summed E-state index contributed by atoms with van der Waals surface area (Å²) in [4.78, 5) is 8.67. The van der Waals surface area contributed by atoms with Crippen molar-refractivity contribution in [3.8, 4) is 0 Å². The van der Waals surface area contributed by atoms with Crippen molar-refractivity contribution < 1.29 is 4.79 Å². The fourth-order valence-electron chi connectivity index (χ4n) is 0. The normalized spacial score (nSPS) is 5.17. The van der Waals surface area contributed by atoms with Gasteiger partial charge in [0.2, 0.25) is 0 Å². The SMILES string of the molecule is CNC.O=CS. The zero-order chi connectivity index (χ0) is 5.41. The van der Waals surface area contributed by atoms with E-state index in [0.29, 0.717) is 5.62 Å². The highest BCUT2D eigenvalue weighted by Crippen LogP contribution is 1.39. The maximum Gasteiger partial charge on any atom is 0.173 e. The number of carbonyl (C=O) groups is 1. The lowest BCUT2D eigenvalue weighted by Crippen LogP contribution is -1.89. The molecule has 0 fully saturated rings. The highest BCUT2D eigenvalue weighted by Gasteiger charge is 1.25. The van der Waals surface area contributed by atoms with E-state index in [9.17, 15) is 0 Å². The van der Waals surface area contributed by atoms with Gasteiger partial charge >= 0.3 is 0 Å². The fraction of sp³-hybridized carbons (Fsp3) is 0.667. The van der Waals surface area contributed by atoms with E-state index in [0.717, 1.165) is 0 Å². The summed E-state index contributed by atoms with van der Waals surface area (Å²) in [5, 5.41) is 2.75. The third-order valence-electron chi connectivity index (χ3n) is 0. The van der Waals surface area contributed by atoms with Crippen LogP contribution in [0.2, 0.25) is 0 Å². The number of rotatable bonds is 0. The van der Waals surface area contributed by atoms with Crippen LogP contribution < -0.4 is 5.32 Å². The average Bonchev–Trinajstić information content (AvgIpc) is 1.39. The molecule has 0 saturated heterocycles. The standard InChI is InChI=1S/C2H7N.CH2OS/c1-3-2;2-1-3/h3H,1-2H3;1H,(H,2,3). The van der Waals surface area contributed by atoms with Crippen molar-refractivity contribution in [1.29, 1.82) is 0 Å². The summed E-state index contributed by atoms with van der Waals surface area (Å²) in [5.74, 6) is 0. The molecule has 0 saturated carbocycles. The van der Waals surface area contributed by atoms with Crippen molar-refractivity contribution in [3.05, 3.63) is 0 Å². The molecule has 0 amide bonds. The second-order valence-corrected chi connectivity index (χ2v) is 0.816. The summed E-state index contributed by atoms with van der Waals surface area (Å²) in [6.07, 6.45) is 0. The zero-order valence-corrected chi connectivity index (χ0v) is 4.83. The molecule has 0 heterocycles. The zero-order valence-electron chi connectivity index (χ0n) is 3.93. The van der Waals surface area contributed by atoms with Crippen molar-refractivity contribution in [2.75, 3.05) is 14.1 Å². The van der Waals surface area contributed by atoms with Gasteiger partial charge in [-0.3, -0.25) is 4.79 Å². The Balaban J connectivity index is 0. The van der Waals surface area contributed by atoms with Gasteiger partial charge in [0, 0.05) is 0 Å². The molecule has 0 aromatic carbocycles. The third-order valence-corrected chi connectivity index (χ3v) is 0. The smallest absolute Gasteiger partial charge is 0.173 e. The van der Waals surface area contributed by atoms with Gasteiger partial charge in [0.15, 0.2) is 5.62 Å². The monoisotopic (exact) mass is 107 g/mol. The molecule has 0 rings (SSSR count). The molecule has 6 heavy (non-hydrogen) atoms. The Morgan fingerprint density at radius 2 is 1.67 bits per heavy atom. The topological polar surface area (TPSA) is 29.1 Å². The summed E-state index contributed by atoms with van der Waals surface area (Å²) in [7, 11) is 3.75. The van der Waals surface area contributed by atoms with Crippen LogP contribution in [0, 0.1) is 0 Å². The van der Waals surface area contributed by atoms with Crippen LogP contribution in [0.5, 0.6) is 0 Å². The minimum Gasteiger partial charge on any atom is -0.323 e. The van der Waals surface area contributed by atoms with E-state index in [1.807, 2.05) is 14.1 Å². The van der Waals surface area contributed by atoms with Crippen LogP contribution >= 0.6 is 12.6 Å². The maximum atomic E-state index is 8.67. The number of thiol groups is 1. The van der Waals surface area contributed by atoms with Crippen molar-refractivity contribution >= 4 is 18.2 Å². The summed E-state index contributed by atoms with van der Waals surface area (Å²) >= 11 is 3.11. The van der Waals surface area contributed by atoms with Gasteiger partial charge < -0.3 is 5.32 Å². The van der Waals surface area contributed by atoms with Gasteiger partial charge in [0.25, 0.3) is 0 Å².